The number of hydrogen-bond donors (Lipinski definition) is 1. The Balaban J connectivity index is 2.31. The monoisotopic (exact) mass is 204 g/mol. The van der Waals surface area contributed by atoms with E-state index in [2.05, 4.69) is 39.8 Å². The highest BCUT2D eigenvalue weighted by Gasteiger charge is 2.39. The third-order valence-corrected chi connectivity index (χ3v) is 3.78. The quantitative estimate of drug-likeness (QED) is 0.783. The van der Waals surface area contributed by atoms with Crippen molar-refractivity contribution < 1.29 is 5.11 Å². The molecule has 1 aromatic rings. The van der Waals surface area contributed by atoms with Gasteiger partial charge in [0.15, 0.2) is 0 Å². The van der Waals surface area contributed by atoms with Crippen molar-refractivity contribution in [1.29, 1.82) is 0 Å². The maximum absolute atomic E-state index is 10.2. The van der Waals surface area contributed by atoms with Crippen LogP contribution in [-0.2, 0) is 0 Å². The van der Waals surface area contributed by atoms with Gasteiger partial charge < -0.3 is 5.11 Å². The molecule has 1 aromatic carbocycles. The number of rotatable bonds is 2. The molecule has 3 atom stereocenters. The smallest absolute Gasteiger partial charge is 0.0823 e. The van der Waals surface area contributed by atoms with Crippen molar-refractivity contribution in [2.75, 3.05) is 0 Å². The molecule has 0 spiro atoms. The van der Waals surface area contributed by atoms with Crippen molar-refractivity contribution >= 4 is 0 Å². The highest BCUT2D eigenvalue weighted by molar-refractivity contribution is 5.38. The van der Waals surface area contributed by atoms with Crippen molar-refractivity contribution in [3.8, 4) is 0 Å². The SMILES string of the molecule is Cc1cc(C)c(C(O)C2CC2C)cc1C. The maximum atomic E-state index is 10.2. The molecule has 0 aromatic heterocycles. The summed E-state index contributed by atoms with van der Waals surface area (Å²) in [6, 6.07) is 4.33. The number of benzene rings is 1. The molecule has 1 nitrogen and oxygen atoms in total. The van der Waals surface area contributed by atoms with Crippen molar-refractivity contribution in [3.63, 3.8) is 0 Å². The minimum absolute atomic E-state index is 0.251. The van der Waals surface area contributed by atoms with Gasteiger partial charge in [-0.15, -0.1) is 0 Å². The van der Waals surface area contributed by atoms with E-state index in [1.54, 1.807) is 0 Å². The molecular weight excluding hydrogens is 184 g/mol. The van der Waals surface area contributed by atoms with Gasteiger partial charge in [-0.05, 0) is 61.3 Å². The van der Waals surface area contributed by atoms with Crippen LogP contribution in [0.25, 0.3) is 0 Å². The lowest BCUT2D eigenvalue weighted by atomic mass is 9.95. The molecule has 2 rings (SSSR count). The van der Waals surface area contributed by atoms with Crippen molar-refractivity contribution in [2.45, 2.75) is 40.2 Å². The molecule has 3 unspecified atom stereocenters. The van der Waals surface area contributed by atoms with Crippen LogP contribution < -0.4 is 0 Å². The number of aryl methyl sites for hydroxylation is 3. The zero-order chi connectivity index (χ0) is 11.2. The van der Waals surface area contributed by atoms with Gasteiger partial charge in [0.2, 0.25) is 0 Å². The first kappa shape index (κ1) is 10.7. The Labute approximate surface area is 92.1 Å². The fourth-order valence-corrected chi connectivity index (χ4v) is 2.32. The van der Waals surface area contributed by atoms with Gasteiger partial charge in [-0.1, -0.05) is 19.1 Å². The second kappa shape index (κ2) is 3.64. The highest BCUT2D eigenvalue weighted by Crippen LogP contribution is 2.47. The van der Waals surface area contributed by atoms with Crippen LogP contribution in [0.2, 0.25) is 0 Å². The van der Waals surface area contributed by atoms with Gasteiger partial charge in [-0.3, -0.25) is 0 Å². The van der Waals surface area contributed by atoms with Crippen LogP contribution in [-0.4, -0.2) is 5.11 Å². The van der Waals surface area contributed by atoms with Crippen LogP contribution in [0, 0.1) is 32.6 Å². The van der Waals surface area contributed by atoms with Gasteiger partial charge in [0.05, 0.1) is 6.10 Å². The molecule has 15 heavy (non-hydrogen) atoms. The lowest BCUT2D eigenvalue weighted by molar-refractivity contribution is 0.147. The first-order valence-electron chi connectivity index (χ1n) is 5.76. The molecule has 1 saturated carbocycles. The topological polar surface area (TPSA) is 20.2 Å². The summed E-state index contributed by atoms with van der Waals surface area (Å²) in [4.78, 5) is 0. The Morgan fingerprint density at radius 2 is 1.67 bits per heavy atom. The molecule has 1 aliphatic carbocycles. The molecule has 1 aliphatic rings. The van der Waals surface area contributed by atoms with Gasteiger partial charge in [-0.25, -0.2) is 0 Å². The fraction of sp³-hybridized carbons (Fsp3) is 0.571. The molecule has 1 fully saturated rings. The first-order valence-corrected chi connectivity index (χ1v) is 5.76. The number of aliphatic hydroxyl groups excluding tert-OH is 1. The van der Waals surface area contributed by atoms with Gasteiger partial charge >= 0.3 is 0 Å². The van der Waals surface area contributed by atoms with Crippen LogP contribution in [0.3, 0.4) is 0 Å². The third-order valence-electron chi connectivity index (χ3n) is 3.78. The van der Waals surface area contributed by atoms with Gasteiger partial charge in [0.1, 0.15) is 0 Å². The zero-order valence-corrected chi connectivity index (χ0v) is 10.0. The number of aliphatic hydroxyl groups is 1. The molecule has 0 amide bonds. The molecule has 82 valence electrons. The van der Waals surface area contributed by atoms with E-state index in [1.807, 2.05) is 0 Å². The van der Waals surface area contributed by atoms with Crippen LogP contribution in [0.1, 0.15) is 41.7 Å². The second-order valence-electron chi connectivity index (χ2n) is 5.11. The summed E-state index contributed by atoms with van der Waals surface area (Å²) >= 11 is 0. The van der Waals surface area contributed by atoms with E-state index in [0.29, 0.717) is 11.8 Å². The van der Waals surface area contributed by atoms with E-state index in [1.165, 1.54) is 23.1 Å². The normalized spacial score (nSPS) is 26.5. The van der Waals surface area contributed by atoms with Crippen molar-refractivity contribution in [1.82, 2.24) is 0 Å². The van der Waals surface area contributed by atoms with Crippen LogP contribution in [0.4, 0.5) is 0 Å². The molecule has 1 heteroatoms. The standard InChI is InChI=1S/C14H20O/c1-8-5-10(3)12(6-9(8)2)14(15)13-7-11(13)4/h5-6,11,13-15H,7H2,1-4H3. The molecule has 0 bridgehead atoms. The second-order valence-corrected chi connectivity index (χ2v) is 5.11. The summed E-state index contributed by atoms with van der Waals surface area (Å²) in [6.45, 7) is 8.54. The van der Waals surface area contributed by atoms with E-state index in [0.717, 1.165) is 5.56 Å². The minimum atomic E-state index is -0.251. The minimum Gasteiger partial charge on any atom is -0.388 e. The van der Waals surface area contributed by atoms with E-state index in [4.69, 9.17) is 0 Å². The predicted octanol–water partition coefficient (Wildman–Crippen LogP) is 3.30. The lowest BCUT2D eigenvalue weighted by Crippen LogP contribution is -2.04. The summed E-state index contributed by atoms with van der Waals surface area (Å²) in [7, 11) is 0. The Morgan fingerprint density at radius 3 is 2.20 bits per heavy atom. The van der Waals surface area contributed by atoms with Gasteiger partial charge in [0, 0.05) is 0 Å². The van der Waals surface area contributed by atoms with Crippen molar-refractivity contribution in [3.05, 3.63) is 34.4 Å². The zero-order valence-electron chi connectivity index (χ0n) is 10.0. The molecule has 0 heterocycles. The summed E-state index contributed by atoms with van der Waals surface area (Å²) < 4.78 is 0. The summed E-state index contributed by atoms with van der Waals surface area (Å²) in [5, 5.41) is 10.2. The molecule has 0 saturated heterocycles. The number of hydrogen-bond acceptors (Lipinski definition) is 1. The van der Waals surface area contributed by atoms with E-state index < -0.39 is 0 Å². The van der Waals surface area contributed by atoms with Crippen LogP contribution in [0.15, 0.2) is 12.1 Å². The largest absolute Gasteiger partial charge is 0.388 e. The van der Waals surface area contributed by atoms with Gasteiger partial charge in [-0.2, -0.15) is 0 Å². The fourth-order valence-electron chi connectivity index (χ4n) is 2.32. The average molecular weight is 204 g/mol. The molecule has 1 N–H and O–H groups in total. The van der Waals surface area contributed by atoms with E-state index >= 15 is 0 Å². The Bertz CT molecular complexity index is 381. The van der Waals surface area contributed by atoms with Crippen molar-refractivity contribution in [2.24, 2.45) is 11.8 Å². The Morgan fingerprint density at radius 1 is 1.13 bits per heavy atom. The molecule has 0 aliphatic heterocycles. The third kappa shape index (κ3) is 1.93. The Hall–Kier alpha value is -0.820. The summed E-state index contributed by atoms with van der Waals surface area (Å²) in [5.74, 6) is 1.19. The predicted molar refractivity (Wildman–Crippen MR) is 62.9 cm³/mol. The molecular formula is C14H20O. The summed E-state index contributed by atoms with van der Waals surface area (Å²) in [6.07, 6.45) is 0.923. The highest BCUT2D eigenvalue weighted by atomic mass is 16.3. The molecule has 0 radical (unpaired) electrons. The summed E-state index contributed by atoms with van der Waals surface area (Å²) in [5.41, 5.74) is 4.95. The van der Waals surface area contributed by atoms with Crippen LogP contribution >= 0.6 is 0 Å². The lowest BCUT2D eigenvalue weighted by Gasteiger charge is -2.15. The van der Waals surface area contributed by atoms with Gasteiger partial charge in [0.25, 0.3) is 0 Å². The maximum Gasteiger partial charge on any atom is 0.0823 e. The Kier molecular flexibility index (Phi) is 2.59. The van der Waals surface area contributed by atoms with E-state index in [-0.39, 0.29) is 6.10 Å². The average Bonchev–Trinajstić information content (AvgIpc) is 2.88. The van der Waals surface area contributed by atoms with Crippen LogP contribution in [0.5, 0.6) is 0 Å². The first-order chi connectivity index (χ1) is 7.00. The van der Waals surface area contributed by atoms with E-state index in [9.17, 15) is 5.11 Å².